The molecule has 1 aromatic carbocycles. The van der Waals surface area contributed by atoms with Gasteiger partial charge in [0, 0.05) is 31.2 Å². The standard InChI is InChI=1S/C13H18N2O4S/c1-2-14-20(18,19)12-5-3-11(4-6-12)15-8-10(9-15)7-13(16)17/h3-6,10,14H,2,7-9H2,1H3,(H,16,17). The van der Waals surface area contributed by atoms with E-state index in [2.05, 4.69) is 4.72 Å². The summed E-state index contributed by atoms with van der Waals surface area (Å²) in [6.07, 6.45) is 0.184. The van der Waals surface area contributed by atoms with Crippen LogP contribution in [0, 0.1) is 5.92 Å². The highest BCUT2D eigenvalue weighted by molar-refractivity contribution is 7.89. The zero-order valence-electron chi connectivity index (χ0n) is 11.2. The normalized spacial score (nSPS) is 15.9. The molecule has 0 aliphatic carbocycles. The number of aliphatic carboxylic acids is 1. The Labute approximate surface area is 118 Å². The van der Waals surface area contributed by atoms with Gasteiger partial charge in [-0.15, -0.1) is 0 Å². The van der Waals surface area contributed by atoms with Crippen molar-refractivity contribution in [3.63, 3.8) is 0 Å². The van der Waals surface area contributed by atoms with Gasteiger partial charge in [0.15, 0.2) is 0 Å². The first-order valence-electron chi connectivity index (χ1n) is 6.49. The second-order valence-electron chi connectivity index (χ2n) is 4.86. The zero-order chi connectivity index (χ0) is 14.8. The maximum absolute atomic E-state index is 11.8. The van der Waals surface area contributed by atoms with E-state index in [9.17, 15) is 13.2 Å². The van der Waals surface area contributed by atoms with Crippen LogP contribution in [0.4, 0.5) is 5.69 Å². The number of carbonyl (C=O) groups is 1. The van der Waals surface area contributed by atoms with Crippen LogP contribution in [0.1, 0.15) is 13.3 Å². The minimum Gasteiger partial charge on any atom is -0.481 e. The number of benzene rings is 1. The molecule has 0 bridgehead atoms. The van der Waals surface area contributed by atoms with E-state index in [1.807, 2.05) is 4.90 Å². The fourth-order valence-electron chi connectivity index (χ4n) is 2.27. The van der Waals surface area contributed by atoms with E-state index in [4.69, 9.17) is 5.11 Å². The summed E-state index contributed by atoms with van der Waals surface area (Å²) in [5.41, 5.74) is 0.919. The lowest BCUT2D eigenvalue weighted by Crippen LogP contribution is -2.47. The van der Waals surface area contributed by atoms with Gasteiger partial charge in [0.05, 0.1) is 11.3 Å². The molecule has 1 fully saturated rings. The Morgan fingerprint density at radius 1 is 1.35 bits per heavy atom. The van der Waals surface area contributed by atoms with Gasteiger partial charge >= 0.3 is 5.97 Å². The Hall–Kier alpha value is -1.60. The van der Waals surface area contributed by atoms with Crippen LogP contribution in [-0.2, 0) is 14.8 Å². The molecule has 0 radical (unpaired) electrons. The number of hydrogen-bond donors (Lipinski definition) is 2. The van der Waals surface area contributed by atoms with Gasteiger partial charge in [0.25, 0.3) is 0 Å². The maximum atomic E-state index is 11.8. The Balaban J connectivity index is 1.99. The van der Waals surface area contributed by atoms with E-state index in [1.54, 1.807) is 31.2 Å². The molecular weight excluding hydrogens is 280 g/mol. The van der Waals surface area contributed by atoms with Crippen molar-refractivity contribution in [2.75, 3.05) is 24.5 Å². The summed E-state index contributed by atoms with van der Waals surface area (Å²) >= 11 is 0. The molecule has 2 rings (SSSR count). The average molecular weight is 298 g/mol. The third kappa shape index (κ3) is 3.29. The molecule has 110 valence electrons. The van der Waals surface area contributed by atoms with Crippen molar-refractivity contribution >= 4 is 21.7 Å². The molecule has 7 heteroatoms. The van der Waals surface area contributed by atoms with Crippen molar-refractivity contribution in [1.82, 2.24) is 4.72 Å². The molecule has 1 aromatic rings. The number of nitrogens with zero attached hydrogens (tertiary/aromatic N) is 1. The van der Waals surface area contributed by atoms with Crippen LogP contribution in [0.3, 0.4) is 0 Å². The van der Waals surface area contributed by atoms with Crippen molar-refractivity contribution in [2.24, 2.45) is 5.92 Å². The molecule has 0 aromatic heterocycles. The third-order valence-corrected chi connectivity index (χ3v) is 4.83. The molecule has 2 N–H and O–H groups in total. The fourth-order valence-corrected chi connectivity index (χ4v) is 3.31. The van der Waals surface area contributed by atoms with Crippen LogP contribution in [0.15, 0.2) is 29.2 Å². The lowest BCUT2D eigenvalue weighted by molar-refractivity contribution is -0.138. The number of carboxylic acids is 1. The first kappa shape index (κ1) is 14.8. The molecule has 1 aliphatic heterocycles. The van der Waals surface area contributed by atoms with E-state index in [-0.39, 0.29) is 17.2 Å². The molecule has 0 saturated carbocycles. The number of carboxylic acid groups (broad SMARTS) is 1. The minimum atomic E-state index is -3.41. The Morgan fingerprint density at radius 2 is 1.95 bits per heavy atom. The van der Waals surface area contributed by atoms with Crippen LogP contribution in [0.2, 0.25) is 0 Å². The van der Waals surface area contributed by atoms with Gasteiger partial charge in [-0.1, -0.05) is 6.92 Å². The fraction of sp³-hybridized carbons (Fsp3) is 0.462. The summed E-state index contributed by atoms with van der Waals surface area (Å²) in [5, 5.41) is 8.69. The summed E-state index contributed by atoms with van der Waals surface area (Å²) in [7, 11) is -3.41. The van der Waals surface area contributed by atoms with Gasteiger partial charge in [-0.05, 0) is 24.3 Å². The lowest BCUT2D eigenvalue weighted by Gasteiger charge is -2.40. The van der Waals surface area contributed by atoms with Crippen LogP contribution < -0.4 is 9.62 Å². The lowest BCUT2D eigenvalue weighted by atomic mass is 9.96. The number of nitrogens with one attached hydrogen (secondary N) is 1. The highest BCUT2D eigenvalue weighted by atomic mass is 32.2. The number of anilines is 1. The van der Waals surface area contributed by atoms with E-state index < -0.39 is 16.0 Å². The largest absolute Gasteiger partial charge is 0.481 e. The first-order chi connectivity index (χ1) is 9.42. The molecule has 0 unspecified atom stereocenters. The van der Waals surface area contributed by atoms with Crippen LogP contribution in [0.25, 0.3) is 0 Å². The van der Waals surface area contributed by atoms with Gasteiger partial charge in [0.2, 0.25) is 10.0 Å². The predicted molar refractivity (Wildman–Crippen MR) is 75.3 cm³/mol. The van der Waals surface area contributed by atoms with Crippen LogP contribution in [-0.4, -0.2) is 39.1 Å². The molecule has 6 nitrogen and oxygen atoms in total. The maximum Gasteiger partial charge on any atom is 0.303 e. The summed E-state index contributed by atoms with van der Waals surface area (Å²) in [6, 6.07) is 6.64. The molecule has 0 spiro atoms. The molecular formula is C13H18N2O4S. The molecule has 1 aliphatic rings. The number of rotatable bonds is 6. The summed E-state index contributed by atoms with van der Waals surface area (Å²) < 4.78 is 26.0. The number of sulfonamides is 1. The minimum absolute atomic E-state index is 0.178. The third-order valence-electron chi connectivity index (χ3n) is 3.27. The Bertz CT molecular complexity index is 577. The Kier molecular flexibility index (Phi) is 4.29. The quantitative estimate of drug-likeness (QED) is 0.814. The monoisotopic (exact) mass is 298 g/mol. The second kappa shape index (κ2) is 5.80. The second-order valence-corrected chi connectivity index (χ2v) is 6.63. The number of hydrogen-bond acceptors (Lipinski definition) is 4. The van der Waals surface area contributed by atoms with Crippen molar-refractivity contribution in [3.8, 4) is 0 Å². The summed E-state index contributed by atoms with van der Waals surface area (Å²) in [4.78, 5) is 12.9. The molecule has 0 amide bonds. The van der Waals surface area contributed by atoms with Crippen LogP contribution >= 0.6 is 0 Å². The first-order valence-corrected chi connectivity index (χ1v) is 7.97. The summed E-state index contributed by atoms with van der Waals surface area (Å²) in [6.45, 7) is 3.48. The molecule has 0 atom stereocenters. The van der Waals surface area contributed by atoms with E-state index in [1.165, 1.54) is 0 Å². The zero-order valence-corrected chi connectivity index (χ0v) is 12.1. The highest BCUT2D eigenvalue weighted by Crippen LogP contribution is 2.27. The van der Waals surface area contributed by atoms with Gasteiger partial charge in [-0.25, -0.2) is 13.1 Å². The molecule has 20 heavy (non-hydrogen) atoms. The predicted octanol–water partition coefficient (Wildman–Crippen LogP) is 0.896. The molecule has 1 heterocycles. The van der Waals surface area contributed by atoms with Gasteiger partial charge in [-0.3, -0.25) is 4.79 Å². The van der Waals surface area contributed by atoms with Crippen LogP contribution in [0.5, 0.6) is 0 Å². The van der Waals surface area contributed by atoms with Gasteiger partial charge < -0.3 is 10.0 Å². The van der Waals surface area contributed by atoms with E-state index in [0.29, 0.717) is 19.6 Å². The van der Waals surface area contributed by atoms with Crippen molar-refractivity contribution in [1.29, 1.82) is 0 Å². The molecule has 1 saturated heterocycles. The topological polar surface area (TPSA) is 86.7 Å². The average Bonchev–Trinajstić information content (AvgIpc) is 2.33. The van der Waals surface area contributed by atoms with Crippen molar-refractivity contribution < 1.29 is 18.3 Å². The summed E-state index contributed by atoms with van der Waals surface area (Å²) in [5.74, 6) is -0.598. The van der Waals surface area contributed by atoms with E-state index in [0.717, 1.165) is 5.69 Å². The SMILES string of the molecule is CCNS(=O)(=O)c1ccc(N2CC(CC(=O)O)C2)cc1. The highest BCUT2D eigenvalue weighted by Gasteiger charge is 2.28. The van der Waals surface area contributed by atoms with Crippen molar-refractivity contribution in [2.45, 2.75) is 18.2 Å². The van der Waals surface area contributed by atoms with Gasteiger partial charge in [0.1, 0.15) is 0 Å². The van der Waals surface area contributed by atoms with Gasteiger partial charge in [-0.2, -0.15) is 0 Å². The van der Waals surface area contributed by atoms with E-state index >= 15 is 0 Å². The Morgan fingerprint density at radius 3 is 2.45 bits per heavy atom. The van der Waals surface area contributed by atoms with Crippen molar-refractivity contribution in [3.05, 3.63) is 24.3 Å². The smallest absolute Gasteiger partial charge is 0.303 e.